The first-order valence-electron chi connectivity index (χ1n) is 5.40. The summed E-state index contributed by atoms with van der Waals surface area (Å²) in [5.74, 6) is 1.13. The zero-order chi connectivity index (χ0) is 10.6. The molecule has 1 aliphatic rings. The van der Waals surface area contributed by atoms with Gasteiger partial charge in [-0.3, -0.25) is 4.90 Å². The topological polar surface area (TPSA) is 61.8 Å². The van der Waals surface area contributed by atoms with E-state index in [0.717, 1.165) is 19.0 Å². The van der Waals surface area contributed by atoms with Gasteiger partial charge in [0.1, 0.15) is 0 Å². The van der Waals surface area contributed by atoms with Gasteiger partial charge in [-0.05, 0) is 32.2 Å². The van der Waals surface area contributed by atoms with Gasteiger partial charge in [-0.1, -0.05) is 18.5 Å². The number of nitrogens with zero attached hydrogens (tertiary/aromatic N) is 2. The summed E-state index contributed by atoms with van der Waals surface area (Å²) in [7, 11) is 0. The van der Waals surface area contributed by atoms with Gasteiger partial charge in [-0.15, -0.1) is 0 Å². The normalized spacial score (nSPS) is 20.9. The summed E-state index contributed by atoms with van der Waals surface area (Å²) in [4.78, 5) is 2.26. The predicted molar refractivity (Wildman–Crippen MR) is 57.5 cm³/mol. The molecule has 1 rings (SSSR count). The summed E-state index contributed by atoms with van der Waals surface area (Å²) < 4.78 is 0. The predicted octanol–water partition coefficient (Wildman–Crippen LogP) is 1.24. The van der Waals surface area contributed by atoms with Crippen molar-refractivity contribution in [1.82, 2.24) is 4.90 Å². The Morgan fingerprint density at radius 3 is 2.64 bits per heavy atom. The van der Waals surface area contributed by atoms with Gasteiger partial charge in [0.2, 0.25) is 0 Å². The van der Waals surface area contributed by atoms with Crippen molar-refractivity contribution in [1.29, 1.82) is 0 Å². The van der Waals surface area contributed by atoms with E-state index in [2.05, 4.69) is 17.0 Å². The number of hydrogen-bond donors (Lipinski definition) is 2. The summed E-state index contributed by atoms with van der Waals surface area (Å²) in [5, 5.41) is 11.7. The van der Waals surface area contributed by atoms with Crippen LogP contribution in [0.1, 0.15) is 33.1 Å². The molecule has 14 heavy (non-hydrogen) atoms. The molecule has 0 aromatic rings. The Labute approximate surface area is 85.8 Å². The van der Waals surface area contributed by atoms with Gasteiger partial charge >= 0.3 is 0 Å². The molecule has 0 spiro atoms. The smallest absolute Gasteiger partial charge is 0.156 e. The van der Waals surface area contributed by atoms with Crippen LogP contribution in [-0.2, 0) is 0 Å². The van der Waals surface area contributed by atoms with E-state index in [4.69, 9.17) is 10.9 Å². The number of rotatable bonds is 5. The first-order chi connectivity index (χ1) is 6.69. The highest BCUT2D eigenvalue weighted by atomic mass is 16.4. The van der Waals surface area contributed by atoms with Gasteiger partial charge in [-0.2, -0.15) is 0 Å². The first-order valence-corrected chi connectivity index (χ1v) is 5.40. The van der Waals surface area contributed by atoms with E-state index in [9.17, 15) is 0 Å². The second kappa shape index (κ2) is 5.20. The van der Waals surface area contributed by atoms with E-state index >= 15 is 0 Å². The zero-order valence-electron chi connectivity index (χ0n) is 9.11. The first kappa shape index (κ1) is 11.3. The zero-order valence-corrected chi connectivity index (χ0v) is 9.11. The van der Waals surface area contributed by atoms with Crippen molar-refractivity contribution in [2.45, 2.75) is 39.2 Å². The van der Waals surface area contributed by atoms with Crippen molar-refractivity contribution < 1.29 is 5.21 Å². The third-order valence-electron chi connectivity index (χ3n) is 3.21. The third-order valence-corrected chi connectivity index (χ3v) is 3.21. The molecule has 4 heteroatoms. The lowest BCUT2D eigenvalue weighted by molar-refractivity contribution is 0.169. The Morgan fingerprint density at radius 1 is 1.64 bits per heavy atom. The fourth-order valence-electron chi connectivity index (χ4n) is 1.84. The molecule has 1 fully saturated rings. The molecular weight excluding hydrogens is 178 g/mol. The molecule has 1 saturated carbocycles. The van der Waals surface area contributed by atoms with Crippen LogP contribution < -0.4 is 5.73 Å². The van der Waals surface area contributed by atoms with E-state index in [0.29, 0.717) is 5.84 Å². The summed E-state index contributed by atoms with van der Waals surface area (Å²) in [5.41, 5.74) is 5.59. The van der Waals surface area contributed by atoms with Crippen LogP contribution in [0.5, 0.6) is 0 Å². The number of nitrogens with two attached hydrogens (primary N) is 1. The van der Waals surface area contributed by atoms with Crippen LogP contribution in [-0.4, -0.2) is 35.1 Å². The molecule has 0 aromatic carbocycles. The van der Waals surface area contributed by atoms with Crippen molar-refractivity contribution in [3.8, 4) is 0 Å². The van der Waals surface area contributed by atoms with E-state index in [-0.39, 0.29) is 6.04 Å². The van der Waals surface area contributed by atoms with Gasteiger partial charge in [0, 0.05) is 6.54 Å². The number of hydrogen-bond acceptors (Lipinski definition) is 3. The van der Waals surface area contributed by atoms with Crippen molar-refractivity contribution >= 4 is 5.84 Å². The molecule has 3 N–H and O–H groups in total. The highest BCUT2D eigenvalue weighted by molar-refractivity contribution is 5.84. The number of oxime groups is 1. The average molecular weight is 199 g/mol. The van der Waals surface area contributed by atoms with Gasteiger partial charge in [0.05, 0.1) is 6.04 Å². The molecule has 0 saturated heterocycles. The Hall–Kier alpha value is -0.770. The standard InChI is InChI=1S/C10H21N3O/c1-3-13(7-9-5-4-6-9)8(2)10(11)12-14/h8-9,14H,3-7H2,1-2H3,(H2,11,12). The maximum atomic E-state index is 8.59. The van der Waals surface area contributed by atoms with Crippen LogP contribution in [0.15, 0.2) is 5.16 Å². The minimum absolute atomic E-state index is 0.0469. The van der Waals surface area contributed by atoms with E-state index in [1.54, 1.807) is 0 Å². The fraction of sp³-hybridized carbons (Fsp3) is 0.900. The van der Waals surface area contributed by atoms with Crippen molar-refractivity contribution in [2.75, 3.05) is 13.1 Å². The summed E-state index contributed by atoms with van der Waals surface area (Å²) >= 11 is 0. The Bertz CT molecular complexity index is 202. The second-order valence-electron chi connectivity index (χ2n) is 4.09. The average Bonchev–Trinajstić information content (AvgIpc) is 2.14. The molecule has 0 amide bonds. The maximum absolute atomic E-state index is 8.59. The molecule has 1 atom stereocenters. The van der Waals surface area contributed by atoms with E-state index in [1.165, 1.54) is 19.3 Å². The molecule has 1 unspecified atom stereocenters. The Balaban J connectivity index is 2.42. The maximum Gasteiger partial charge on any atom is 0.156 e. The number of amidine groups is 1. The molecule has 0 aromatic heterocycles. The summed E-state index contributed by atoms with van der Waals surface area (Å²) in [6, 6.07) is 0.0469. The van der Waals surface area contributed by atoms with Crippen LogP contribution in [0, 0.1) is 5.92 Å². The van der Waals surface area contributed by atoms with Gasteiger partial charge < -0.3 is 10.9 Å². The Morgan fingerprint density at radius 2 is 2.29 bits per heavy atom. The van der Waals surface area contributed by atoms with Crippen LogP contribution >= 0.6 is 0 Å². The lowest BCUT2D eigenvalue weighted by Gasteiger charge is -2.34. The van der Waals surface area contributed by atoms with Crippen molar-refractivity contribution in [3.63, 3.8) is 0 Å². The molecule has 82 valence electrons. The molecule has 1 aliphatic carbocycles. The van der Waals surface area contributed by atoms with E-state index < -0.39 is 0 Å². The molecule has 0 bridgehead atoms. The van der Waals surface area contributed by atoms with Crippen molar-refractivity contribution in [3.05, 3.63) is 0 Å². The lowest BCUT2D eigenvalue weighted by atomic mass is 9.85. The van der Waals surface area contributed by atoms with Gasteiger partial charge in [0.25, 0.3) is 0 Å². The minimum Gasteiger partial charge on any atom is -0.409 e. The molecular formula is C10H21N3O. The lowest BCUT2D eigenvalue weighted by Crippen LogP contribution is -2.45. The summed E-state index contributed by atoms with van der Waals surface area (Å²) in [6.45, 7) is 6.12. The highest BCUT2D eigenvalue weighted by Gasteiger charge is 2.24. The Kier molecular flexibility index (Phi) is 4.20. The second-order valence-corrected chi connectivity index (χ2v) is 4.09. The SMILES string of the molecule is CCN(CC1CCC1)C(C)C(N)=NO. The van der Waals surface area contributed by atoms with Crippen LogP contribution in [0.3, 0.4) is 0 Å². The molecule has 0 aliphatic heterocycles. The fourth-order valence-corrected chi connectivity index (χ4v) is 1.84. The van der Waals surface area contributed by atoms with Crippen molar-refractivity contribution in [2.24, 2.45) is 16.8 Å². The van der Waals surface area contributed by atoms with Crippen LogP contribution in [0.25, 0.3) is 0 Å². The monoisotopic (exact) mass is 199 g/mol. The quantitative estimate of drug-likeness (QED) is 0.303. The van der Waals surface area contributed by atoms with E-state index in [1.807, 2.05) is 6.92 Å². The van der Waals surface area contributed by atoms with Gasteiger partial charge in [0.15, 0.2) is 5.84 Å². The minimum atomic E-state index is 0.0469. The highest BCUT2D eigenvalue weighted by Crippen LogP contribution is 2.27. The van der Waals surface area contributed by atoms with Gasteiger partial charge in [-0.25, -0.2) is 0 Å². The third kappa shape index (κ3) is 2.61. The largest absolute Gasteiger partial charge is 0.409 e. The summed E-state index contributed by atoms with van der Waals surface area (Å²) in [6.07, 6.45) is 4.03. The molecule has 0 heterocycles. The molecule has 4 nitrogen and oxygen atoms in total. The van der Waals surface area contributed by atoms with Crippen LogP contribution in [0.4, 0.5) is 0 Å². The number of likely N-dealkylation sites (N-methyl/N-ethyl adjacent to an activating group) is 1. The van der Waals surface area contributed by atoms with Crippen LogP contribution in [0.2, 0.25) is 0 Å². The molecule has 0 radical (unpaired) electrons.